The molecule has 196 valence electrons. The maximum Gasteiger partial charge on any atom is 0.233 e. The molecule has 2 saturated heterocycles. The monoisotopic (exact) mass is 503 g/mol. The first kappa shape index (κ1) is 25.7. The average molecular weight is 504 g/mol. The molecule has 2 aromatic rings. The molecule has 0 bridgehead atoms. The summed E-state index contributed by atoms with van der Waals surface area (Å²) in [6.07, 6.45) is 4.97. The van der Waals surface area contributed by atoms with E-state index in [2.05, 4.69) is 26.0 Å². The Morgan fingerprint density at radius 3 is 2.57 bits per heavy atom. The van der Waals surface area contributed by atoms with Crippen LogP contribution in [0.25, 0.3) is 11.6 Å². The van der Waals surface area contributed by atoms with Crippen LogP contribution >= 0.6 is 0 Å². The molecule has 1 aromatic carbocycles. The zero-order valence-corrected chi connectivity index (χ0v) is 22.0. The molecule has 6 heteroatoms. The van der Waals surface area contributed by atoms with Gasteiger partial charge in [0.05, 0.1) is 24.5 Å². The van der Waals surface area contributed by atoms with Gasteiger partial charge >= 0.3 is 0 Å². The number of aliphatic hydroxyl groups excluding tert-OH is 1. The van der Waals surface area contributed by atoms with E-state index in [0.29, 0.717) is 37.0 Å². The Kier molecular flexibility index (Phi) is 7.50. The summed E-state index contributed by atoms with van der Waals surface area (Å²) in [6.45, 7) is 7.25. The molecule has 3 aliphatic rings. The third-order valence-corrected chi connectivity index (χ3v) is 8.15. The van der Waals surface area contributed by atoms with E-state index in [1.54, 1.807) is 6.07 Å². The SMILES string of the molecule is CCCN1C(=O)[C@@H]2[C@@H](CC(C(C)C)=C3[C@@H](CC/C(=C/c4ccc(CO)o4)c4ccccc4)OC[C@@H]32)C1=O. The number of carbonyl (C=O) groups excluding carboxylic acids is 2. The zero-order valence-electron chi connectivity index (χ0n) is 22.0. The molecule has 2 amide bonds. The van der Waals surface area contributed by atoms with Gasteiger partial charge in [0.25, 0.3) is 0 Å². The van der Waals surface area contributed by atoms with Gasteiger partial charge in [-0.1, -0.05) is 56.7 Å². The van der Waals surface area contributed by atoms with Gasteiger partial charge in [0.15, 0.2) is 0 Å². The topological polar surface area (TPSA) is 80.0 Å². The van der Waals surface area contributed by atoms with E-state index in [1.807, 2.05) is 37.3 Å². The molecule has 5 rings (SSSR count). The van der Waals surface area contributed by atoms with Gasteiger partial charge in [0.2, 0.25) is 11.8 Å². The summed E-state index contributed by atoms with van der Waals surface area (Å²) in [7, 11) is 0. The number of rotatable bonds is 9. The van der Waals surface area contributed by atoms with Crippen LogP contribution in [0.5, 0.6) is 0 Å². The van der Waals surface area contributed by atoms with Gasteiger partial charge in [-0.25, -0.2) is 0 Å². The Morgan fingerprint density at radius 1 is 1.11 bits per heavy atom. The van der Waals surface area contributed by atoms with Crippen LogP contribution in [-0.2, 0) is 20.9 Å². The van der Waals surface area contributed by atoms with E-state index in [1.165, 1.54) is 16.0 Å². The molecule has 0 spiro atoms. The second-order valence-electron chi connectivity index (χ2n) is 10.8. The number of imide groups is 1. The van der Waals surface area contributed by atoms with Crippen molar-refractivity contribution in [2.24, 2.45) is 23.7 Å². The summed E-state index contributed by atoms with van der Waals surface area (Å²) in [6, 6.07) is 13.9. The van der Waals surface area contributed by atoms with E-state index in [4.69, 9.17) is 9.15 Å². The third kappa shape index (κ3) is 4.85. The highest BCUT2D eigenvalue weighted by atomic mass is 16.5. The molecule has 6 nitrogen and oxygen atoms in total. The number of aliphatic hydroxyl groups is 1. The van der Waals surface area contributed by atoms with Crippen molar-refractivity contribution in [3.05, 3.63) is 70.7 Å². The first-order valence-corrected chi connectivity index (χ1v) is 13.6. The summed E-state index contributed by atoms with van der Waals surface area (Å²) in [5, 5.41) is 9.39. The van der Waals surface area contributed by atoms with E-state index in [-0.39, 0.29) is 42.3 Å². The van der Waals surface area contributed by atoms with Gasteiger partial charge in [-0.15, -0.1) is 0 Å². The Hall–Kier alpha value is -2.96. The van der Waals surface area contributed by atoms with Gasteiger partial charge in [-0.05, 0) is 66.5 Å². The van der Waals surface area contributed by atoms with E-state index < -0.39 is 0 Å². The number of allylic oxidation sites excluding steroid dienone is 2. The molecule has 1 aromatic heterocycles. The van der Waals surface area contributed by atoms with Crippen molar-refractivity contribution in [1.82, 2.24) is 4.90 Å². The minimum atomic E-state index is -0.286. The van der Waals surface area contributed by atoms with Gasteiger partial charge < -0.3 is 14.3 Å². The lowest BCUT2D eigenvalue weighted by atomic mass is 9.67. The number of carbonyl (C=O) groups is 2. The van der Waals surface area contributed by atoms with Crippen LogP contribution in [0.15, 0.2) is 58.0 Å². The van der Waals surface area contributed by atoms with Crippen LogP contribution < -0.4 is 0 Å². The van der Waals surface area contributed by atoms with Crippen molar-refractivity contribution in [2.45, 2.75) is 59.2 Å². The normalized spacial score (nSPS) is 25.9. The lowest BCUT2D eigenvalue weighted by molar-refractivity contribution is -0.140. The predicted octanol–water partition coefficient (Wildman–Crippen LogP) is 5.48. The van der Waals surface area contributed by atoms with E-state index in [0.717, 1.165) is 30.4 Å². The van der Waals surface area contributed by atoms with Gasteiger partial charge in [-0.3, -0.25) is 14.5 Å². The smallest absolute Gasteiger partial charge is 0.233 e. The van der Waals surface area contributed by atoms with Crippen LogP contribution in [0, 0.1) is 23.7 Å². The number of amides is 2. The van der Waals surface area contributed by atoms with Crippen molar-refractivity contribution in [2.75, 3.05) is 13.2 Å². The van der Waals surface area contributed by atoms with Crippen molar-refractivity contribution in [3.8, 4) is 0 Å². The number of fused-ring (bicyclic) bond motifs is 3. The third-order valence-electron chi connectivity index (χ3n) is 8.15. The first-order chi connectivity index (χ1) is 17.9. The number of benzene rings is 1. The Bertz CT molecular complexity index is 1210. The molecule has 1 aliphatic carbocycles. The quantitative estimate of drug-likeness (QED) is 0.362. The van der Waals surface area contributed by atoms with Crippen molar-refractivity contribution in [3.63, 3.8) is 0 Å². The maximum atomic E-state index is 13.3. The number of nitrogens with zero attached hydrogens (tertiary/aromatic N) is 1. The standard InChI is InChI=1S/C31H37NO5/c1-4-14-32-30(34)25-16-24(19(2)3)28-26(29(25)31(32)35)18-36-27(28)13-10-21(20-8-6-5-7-9-20)15-22-11-12-23(17-33)37-22/h5-9,11-12,15,19,25-27,29,33H,4,10,13-14,16-18H2,1-3H3/b21-15-/t25-,26+,27-,29-/m1/s1. The van der Waals surface area contributed by atoms with Gasteiger partial charge in [-0.2, -0.15) is 0 Å². The summed E-state index contributed by atoms with van der Waals surface area (Å²) in [5.41, 5.74) is 4.82. The van der Waals surface area contributed by atoms with Crippen LogP contribution in [0.2, 0.25) is 0 Å². The minimum absolute atomic E-state index is 0.00576. The minimum Gasteiger partial charge on any atom is -0.459 e. The zero-order chi connectivity index (χ0) is 26.1. The fraction of sp³-hybridized carbons (Fsp3) is 0.484. The van der Waals surface area contributed by atoms with Crippen LogP contribution in [0.1, 0.15) is 63.5 Å². The predicted molar refractivity (Wildman–Crippen MR) is 142 cm³/mol. The number of hydrogen-bond donors (Lipinski definition) is 1. The highest BCUT2D eigenvalue weighted by molar-refractivity contribution is 6.06. The second kappa shape index (κ2) is 10.8. The fourth-order valence-corrected chi connectivity index (χ4v) is 6.44. The van der Waals surface area contributed by atoms with Gasteiger partial charge in [0.1, 0.15) is 18.1 Å². The summed E-state index contributed by atoms with van der Waals surface area (Å²) >= 11 is 0. The van der Waals surface area contributed by atoms with Crippen molar-refractivity contribution in [1.29, 1.82) is 0 Å². The summed E-state index contributed by atoms with van der Waals surface area (Å²) < 4.78 is 12.2. The van der Waals surface area contributed by atoms with Gasteiger partial charge in [0, 0.05) is 12.5 Å². The molecule has 37 heavy (non-hydrogen) atoms. The number of ether oxygens (including phenoxy) is 1. The van der Waals surface area contributed by atoms with Crippen molar-refractivity contribution >= 4 is 23.5 Å². The van der Waals surface area contributed by atoms with Crippen LogP contribution in [0.3, 0.4) is 0 Å². The van der Waals surface area contributed by atoms with Crippen molar-refractivity contribution < 1.29 is 23.8 Å². The molecule has 1 N–H and O–H groups in total. The number of likely N-dealkylation sites (tertiary alicyclic amines) is 1. The Morgan fingerprint density at radius 2 is 1.89 bits per heavy atom. The number of hydrogen-bond acceptors (Lipinski definition) is 5. The summed E-state index contributed by atoms with van der Waals surface area (Å²) in [4.78, 5) is 28.0. The molecule has 2 fully saturated rings. The average Bonchev–Trinajstić information content (AvgIpc) is 3.60. The highest BCUT2D eigenvalue weighted by Crippen LogP contribution is 2.51. The molecule has 2 aliphatic heterocycles. The lowest BCUT2D eigenvalue weighted by Crippen LogP contribution is -2.35. The first-order valence-electron chi connectivity index (χ1n) is 13.6. The van der Waals surface area contributed by atoms with E-state index >= 15 is 0 Å². The van der Waals surface area contributed by atoms with Crippen LogP contribution in [-0.4, -0.2) is 41.1 Å². The highest BCUT2D eigenvalue weighted by Gasteiger charge is 2.56. The largest absolute Gasteiger partial charge is 0.459 e. The fourth-order valence-electron chi connectivity index (χ4n) is 6.44. The molecular formula is C31H37NO5. The number of furan rings is 1. The maximum absolute atomic E-state index is 13.3. The Labute approximate surface area is 219 Å². The van der Waals surface area contributed by atoms with E-state index in [9.17, 15) is 14.7 Å². The molecular weight excluding hydrogens is 466 g/mol. The molecule has 4 atom stereocenters. The Balaban J connectivity index is 1.42. The molecule has 0 unspecified atom stereocenters. The molecule has 0 saturated carbocycles. The lowest BCUT2D eigenvalue weighted by Gasteiger charge is -2.33. The molecule has 0 radical (unpaired) electrons. The second-order valence-corrected chi connectivity index (χ2v) is 10.8. The molecule has 3 heterocycles. The summed E-state index contributed by atoms with van der Waals surface area (Å²) in [5.74, 6) is 1.01. The van der Waals surface area contributed by atoms with Crippen LogP contribution in [0.4, 0.5) is 0 Å².